The molecule has 0 amide bonds. The molecule has 4 nitrogen and oxygen atoms in total. The number of aromatic carboxylic acids is 1. The van der Waals surface area contributed by atoms with Crippen molar-refractivity contribution in [1.82, 2.24) is 9.55 Å². The van der Waals surface area contributed by atoms with Crippen LogP contribution in [0.15, 0.2) is 36.4 Å². The lowest BCUT2D eigenvalue weighted by Gasteiger charge is -2.09. The van der Waals surface area contributed by atoms with Crippen LogP contribution in [-0.4, -0.2) is 20.6 Å². The Morgan fingerprint density at radius 3 is 2.71 bits per heavy atom. The van der Waals surface area contributed by atoms with Crippen LogP contribution in [0, 0.1) is 10.5 Å². The number of carbonyl (C=O) groups is 1. The summed E-state index contributed by atoms with van der Waals surface area (Å²) >= 11 is 8.22. The summed E-state index contributed by atoms with van der Waals surface area (Å²) in [5.74, 6) is -0.155. The molecule has 3 aromatic rings. The molecule has 0 unspecified atom stereocenters. The molecule has 0 fully saturated rings. The fourth-order valence-electron chi connectivity index (χ4n) is 2.30. The van der Waals surface area contributed by atoms with Gasteiger partial charge in [-0.2, -0.15) is 0 Å². The first-order valence-electron chi connectivity index (χ1n) is 6.15. The van der Waals surface area contributed by atoms with E-state index in [1.807, 2.05) is 29.7 Å². The molecule has 0 aliphatic heterocycles. The molecule has 106 valence electrons. The Morgan fingerprint density at radius 2 is 2.05 bits per heavy atom. The maximum atomic E-state index is 11.0. The van der Waals surface area contributed by atoms with E-state index in [-0.39, 0.29) is 5.56 Å². The van der Waals surface area contributed by atoms with Crippen LogP contribution in [0.1, 0.15) is 16.2 Å². The number of carboxylic acids is 1. The van der Waals surface area contributed by atoms with Crippen molar-refractivity contribution in [3.63, 3.8) is 0 Å². The zero-order valence-electron chi connectivity index (χ0n) is 11.0. The van der Waals surface area contributed by atoms with E-state index in [2.05, 4.69) is 27.6 Å². The van der Waals surface area contributed by atoms with E-state index in [1.54, 1.807) is 18.2 Å². The Morgan fingerprint density at radius 1 is 1.29 bits per heavy atom. The minimum absolute atomic E-state index is 0.234. The van der Waals surface area contributed by atoms with Gasteiger partial charge in [-0.3, -0.25) is 4.57 Å². The molecule has 1 aromatic heterocycles. The van der Waals surface area contributed by atoms with Crippen molar-refractivity contribution >= 4 is 51.2 Å². The smallest absolute Gasteiger partial charge is 0.335 e. The van der Waals surface area contributed by atoms with Crippen molar-refractivity contribution in [3.05, 3.63) is 56.4 Å². The number of halogens is 2. The van der Waals surface area contributed by atoms with Crippen LogP contribution in [0.4, 0.5) is 0 Å². The van der Waals surface area contributed by atoms with Crippen LogP contribution in [0.25, 0.3) is 16.7 Å². The Hall–Kier alpha value is -1.60. The highest BCUT2D eigenvalue weighted by atomic mass is 127. The molecule has 1 heterocycles. The summed E-state index contributed by atoms with van der Waals surface area (Å²) < 4.78 is 3.00. The molecule has 6 heteroatoms. The SMILES string of the molecule is Cc1nc2cc(C(=O)O)ccc2n1-c1ccc(Cl)cc1I. The summed E-state index contributed by atoms with van der Waals surface area (Å²) in [4.78, 5) is 15.5. The van der Waals surface area contributed by atoms with E-state index >= 15 is 0 Å². The van der Waals surface area contributed by atoms with Crippen molar-refractivity contribution < 1.29 is 9.90 Å². The van der Waals surface area contributed by atoms with E-state index in [1.165, 1.54) is 0 Å². The Kier molecular flexibility index (Phi) is 3.62. The average Bonchev–Trinajstić information content (AvgIpc) is 2.74. The van der Waals surface area contributed by atoms with Gasteiger partial charge in [0.15, 0.2) is 0 Å². The van der Waals surface area contributed by atoms with Gasteiger partial charge in [-0.1, -0.05) is 11.6 Å². The second kappa shape index (κ2) is 5.31. The lowest BCUT2D eigenvalue weighted by atomic mass is 10.2. The minimum Gasteiger partial charge on any atom is -0.478 e. The number of benzene rings is 2. The third-order valence-corrected chi connectivity index (χ3v) is 4.32. The summed E-state index contributed by atoms with van der Waals surface area (Å²) in [6.07, 6.45) is 0. The van der Waals surface area contributed by atoms with Gasteiger partial charge in [0.1, 0.15) is 5.82 Å². The summed E-state index contributed by atoms with van der Waals surface area (Å²) in [6.45, 7) is 1.89. The number of carboxylic acid groups (broad SMARTS) is 1. The average molecular weight is 413 g/mol. The summed E-state index contributed by atoms with van der Waals surface area (Å²) in [7, 11) is 0. The van der Waals surface area contributed by atoms with Crippen LogP contribution in [0.5, 0.6) is 0 Å². The zero-order valence-corrected chi connectivity index (χ0v) is 13.9. The van der Waals surface area contributed by atoms with Gasteiger partial charge in [-0.05, 0) is 65.9 Å². The van der Waals surface area contributed by atoms with Gasteiger partial charge in [0.2, 0.25) is 0 Å². The zero-order chi connectivity index (χ0) is 15.1. The highest BCUT2D eigenvalue weighted by Gasteiger charge is 2.14. The Balaban J connectivity index is 2.27. The van der Waals surface area contributed by atoms with Crippen molar-refractivity contribution in [2.45, 2.75) is 6.92 Å². The summed E-state index contributed by atoms with van der Waals surface area (Å²) in [5, 5.41) is 9.74. The second-order valence-corrected chi connectivity index (χ2v) is 6.20. The summed E-state index contributed by atoms with van der Waals surface area (Å²) in [6, 6.07) is 10.6. The fraction of sp³-hybridized carbons (Fsp3) is 0.0667. The maximum absolute atomic E-state index is 11.0. The molecular formula is C15H10ClIN2O2. The molecular weight excluding hydrogens is 403 g/mol. The number of hydrogen-bond donors (Lipinski definition) is 1. The number of fused-ring (bicyclic) bond motifs is 1. The molecule has 0 bridgehead atoms. The van der Waals surface area contributed by atoms with Crippen molar-refractivity contribution in [3.8, 4) is 5.69 Å². The third-order valence-electron chi connectivity index (χ3n) is 3.22. The van der Waals surface area contributed by atoms with Crippen molar-refractivity contribution in [2.75, 3.05) is 0 Å². The number of hydrogen-bond acceptors (Lipinski definition) is 2. The van der Waals surface area contributed by atoms with Crippen LogP contribution in [-0.2, 0) is 0 Å². The Labute approximate surface area is 139 Å². The highest BCUT2D eigenvalue weighted by Crippen LogP contribution is 2.27. The van der Waals surface area contributed by atoms with E-state index in [9.17, 15) is 4.79 Å². The van der Waals surface area contributed by atoms with E-state index in [0.717, 1.165) is 20.6 Å². The van der Waals surface area contributed by atoms with Crippen LogP contribution in [0.3, 0.4) is 0 Å². The Bertz CT molecular complexity index is 873. The molecule has 2 aromatic carbocycles. The first-order chi connectivity index (χ1) is 9.97. The first kappa shape index (κ1) is 14.3. The molecule has 0 saturated heterocycles. The predicted octanol–water partition coefficient (Wildman–Crippen LogP) is 4.29. The standard InChI is InChI=1S/C15H10ClIN2O2/c1-8-18-12-6-9(15(20)21)2-4-14(12)19(8)13-5-3-10(16)7-11(13)17/h2-7H,1H3,(H,20,21). The van der Waals surface area contributed by atoms with Gasteiger partial charge in [0.05, 0.1) is 22.3 Å². The molecule has 0 radical (unpaired) electrons. The van der Waals surface area contributed by atoms with Crippen molar-refractivity contribution in [1.29, 1.82) is 0 Å². The second-order valence-electron chi connectivity index (χ2n) is 4.60. The number of nitrogens with zero attached hydrogens (tertiary/aromatic N) is 2. The van der Waals surface area contributed by atoms with Crippen LogP contribution in [0.2, 0.25) is 5.02 Å². The van der Waals surface area contributed by atoms with Gasteiger partial charge in [-0.25, -0.2) is 9.78 Å². The first-order valence-corrected chi connectivity index (χ1v) is 7.61. The monoisotopic (exact) mass is 412 g/mol. The van der Waals surface area contributed by atoms with Gasteiger partial charge < -0.3 is 5.11 Å². The lowest BCUT2D eigenvalue weighted by Crippen LogP contribution is -2.00. The predicted molar refractivity (Wildman–Crippen MR) is 90.5 cm³/mol. The van der Waals surface area contributed by atoms with E-state index in [0.29, 0.717) is 10.5 Å². The fourth-order valence-corrected chi connectivity index (χ4v) is 3.41. The normalized spacial score (nSPS) is 11.0. The van der Waals surface area contributed by atoms with E-state index < -0.39 is 5.97 Å². The van der Waals surface area contributed by atoms with E-state index in [4.69, 9.17) is 16.7 Å². The van der Waals surface area contributed by atoms with Gasteiger partial charge in [-0.15, -0.1) is 0 Å². The highest BCUT2D eigenvalue weighted by molar-refractivity contribution is 14.1. The molecule has 3 rings (SSSR count). The molecule has 0 saturated carbocycles. The van der Waals surface area contributed by atoms with Crippen LogP contribution < -0.4 is 0 Å². The topological polar surface area (TPSA) is 55.1 Å². The minimum atomic E-state index is -0.954. The molecule has 1 N–H and O–H groups in total. The van der Waals surface area contributed by atoms with Gasteiger partial charge >= 0.3 is 5.97 Å². The number of aryl methyl sites for hydroxylation is 1. The number of rotatable bonds is 2. The van der Waals surface area contributed by atoms with Gasteiger partial charge in [0, 0.05) is 8.59 Å². The van der Waals surface area contributed by atoms with Gasteiger partial charge in [0.25, 0.3) is 0 Å². The number of aromatic nitrogens is 2. The summed E-state index contributed by atoms with van der Waals surface area (Å²) in [5.41, 5.74) is 2.75. The lowest BCUT2D eigenvalue weighted by molar-refractivity contribution is 0.0697. The molecule has 21 heavy (non-hydrogen) atoms. The molecule has 0 atom stereocenters. The molecule has 0 spiro atoms. The third kappa shape index (κ3) is 2.51. The quantitative estimate of drug-likeness (QED) is 0.639. The molecule has 0 aliphatic rings. The number of imidazole rings is 1. The van der Waals surface area contributed by atoms with Crippen LogP contribution >= 0.6 is 34.2 Å². The maximum Gasteiger partial charge on any atom is 0.335 e. The largest absolute Gasteiger partial charge is 0.478 e. The molecule has 0 aliphatic carbocycles. The van der Waals surface area contributed by atoms with Crippen molar-refractivity contribution in [2.24, 2.45) is 0 Å².